The molecule has 0 unspecified atom stereocenters. The van der Waals surface area contributed by atoms with Crippen molar-refractivity contribution in [3.05, 3.63) is 101 Å². The number of amides is 1. The summed E-state index contributed by atoms with van der Waals surface area (Å²) in [6.45, 7) is 2.13. The fourth-order valence-electron chi connectivity index (χ4n) is 4.64. The summed E-state index contributed by atoms with van der Waals surface area (Å²) in [6.07, 6.45) is 2.60. The Morgan fingerprint density at radius 3 is 2.38 bits per heavy atom. The number of carbonyl (C=O) groups excluding carboxylic acids is 1. The van der Waals surface area contributed by atoms with Gasteiger partial charge < -0.3 is 9.84 Å². The van der Waals surface area contributed by atoms with Crippen molar-refractivity contribution in [1.82, 2.24) is 10.1 Å². The summed E-state index contributed by atoms with van der Waals surface area (Å²) in [7, 11) is -2.91. The third kappa shape index (κ3) is 6.32. The van der Waals surface area contributed by atoms with E-state index in [0.29, 0.717) is 42.2 Å². The van der Waals surface area contributed by atoms with Gasteiger partial charge in [-0.2, -0.15) is 4.98 Å². The van der Waals surface area contributed by atoms with E-state index in [2.05, 4.69) is 22.4 Å². The molecular formula is C29H29N3O4S. The van der Waals surface area contributed by atoms with Crippen molar-refractivity contribution in [3.8, 4) is 11.4 Å². The van der Waals surface area contributed by atoms with Crippen LogP contribution in [0.2, 0.25) is 0 Å². The number of anilines is 1. The third-order valence-corrected chi connectivity index (χ3v) is 8.57. The Bertz CT molecular complexity index is 1480. The molecule has 8 heteroatoms. The maximum Gasteiger partial charge on any atom is 0.255 e. The number of sulfone groups is 1. The molecule has 37 heavy (non-hydrogen) atoms. The molecule has 1 N–H and O–H groups in total. The van der Waals surface area contributed by atoms with Crippen molar-refractivity contribution in [2.24, 2.45) is 5.41 Å². The van der Waals surface area contributed by atoms with Crippen LogP contribution in [-0.2, 0) is 22.7 Å². The van der Waals surface area contributed by atoms with Crippen molar-refractivity contribution >= 4 is 21.4 Å². The van der Waals surface area contributed by atoms with Crippen LogP contribution in [0.4, 0.5) is 5.69 Å². The van der Waals surface area contributed by atoms with Gasteiger partial charge in [-0.15, -0.1) is 0 Å². The van der Waals surface area contributed by atoms with Crippen LogP contribution in [0.5, 0.6) is 0 Å². The SMILES string of the molecule is CC1(Cc2cccc(C(=O)Nc3ccc(-c4noc(Cc5ccccc5)n4)cc3)c2)CCS(=O)(=O)CC1. The van der Waals surface area contributed by atoms with Gasteiger partial charge in [0, 0.05) is 16.8 Å². The van der Waals surface area contributed by atoms with E-state index in [1.807, 2.05) is 72.8 Å². The third-order valence-electron chi connectivity index (χ3n) is 6.92. The van der Waals surface area contributed by atoms with Crippen LogP contribution < -0.4 is 5.32 Å². The number of nitrogens with zero attached hydrogens (tertiary/aromatic N) is 2. The molecule has 1 fully saturated rings. The summed E-state index contributed by atoms with van der Waals surface area (Å²) in [6, 6.07) is 24.8. The first-order chi connectivity index (χ1) is 17.8. The van der Waals surface area contributed by atoms with E-state index >= 15 is 0 Å². The van der Waals surface area contributed by atoms with Gasteiger partial charge in [0.05, 0.1) is 17.9 Å². The predicted octanol–water partition coefficient (Wildman–Crippen LogP) is 5.34. The minimum Gasteiger partial charge on any atom is -0.339 e. The van der Waals surface area contributed by atoms with Gasteiger partial charge in [0.1, 0.15) is 9.84 Å². The molecule has 0 spiro atoms. The number of carbonyl (C=O) groups is 1. The number of hydrogen-bond acceptors (Lipinski definition) is 6. The molecule has 7 nitrogen and oxygen atoms in total. The van der Waals surface area contributed by atoms with E-state index < -0.39 is 9.84 Å². The molecule has 1 aliphatic rings. The highest BCUT2D eigenvalue weighted by Crippen LogP contribution is 2.35. The second-order valence-corrected chi connectivity index (χ2v) is 12.3. The van der Waals surface area contributed by atoms with Crippen LogP contribution in [0.15, 0.2) is 83.4 Å². The number of rotatable bonds is 7. The van der Waals surface area contributed by atoms with E-state index in [9.17, 15) is 13.2 Å². The van der Waals surface area contributed by atoms with Gasteiger partial charge in [0.25, 0.3) is 5.91 Å². The lowest BCUT2D eigenvalue weighted by Gasteiger charge is -2.33. The number of nitrogens with one attached hydrogen (secondary N) is 1. The highest BCUT2D eigenvalue weighted by molar-refractivity contribution is 7.91. The minimum atomic E-state index is -2.91. The molecule has 0 aliphatic carbocycles. The molecule has 0 radical (unpaired) electrons. The molecule has 190 valence electrons. The van der Waals surface area contributed by atoms with Crippen molar-refractivity contribution in [2.75, 3.05) is 16.8 Å². The number of benzene rings is 3. The quantitative estimate of drug-likeness (QED) is 0.357. The molecular weight excluding hydrogens is 486 g/mol. The molecule has 1 amide bonds. The molecule has 1 aliphatic heterocycles. The van der Waals surface area contributed by atoms with E-state index in [4.69, 9.17) is 4.52 Å². The fraction of sp³-hybridized carbons (Fsp3) is 0.276. The van der Waals surface area contributed by atoms with Gasteiger partial charge in [-0.05, 0) is 72.2 Å². The average molecular weight is 516 g/mol. The first-order valence-corrected chi connectivity index (χ1v) is 14.2. The Balaban J connectivity index is 1.21. The lowest BCUT2D eigenvalue weighted by atomic mass is 9.78. The zero-order valence-electron chi connectivity index (χ0n) is 20.7. The average Bonchev–Trinajstić information content (AvgIpc) is 3.36. The molecule has 1 aromatic heterocycles. The van der Waals surface area contributed by atoms with Crippen molar-refractivity contribution in [3.63, 3.8) is 0 Å². The van der Waals surface area contributed by atoms with Gasteiger partial charge in [0.2, 0.25) is 11.7 Å². The molecule has 3 aromatic carbocycles. The molecule has 4 aromatic rings. The predicted molar refractivity (Wildman–Crippen MR) is 143 cm³/mol. The second-order valence-electron chi connectivity index (χ2n) is 10.0. The number of aromatic nitrogens is 2. The normalized spacial score (nSPS) is 16.2. The molecule has 2 heterocycles. The summed E-state index contributed by atoms with van der Waals surface area (Å²) in [5, 5.41) is 7.03. The summed E-state index contributed by atoms with van der Waals surface area (Å²) in [5.41, 5.74) is 4.08. The first kappa shape index (κ1) is 24.9. The van der Waals surface area contributed by atoms with Crippen LogP contribution in [0.1, 0.15) is 47.1 Å². The topological polar surface area (TPSA) is 102 Å². The fourth-order valence-corrected chi connectivity index (χ4v) is 6.46. The Hall–Kier alpha value is -3.78. The second kappa shape index (κ2) is 10.3. The van der Waals surface area contributed by atoms with E-state index in [1.54, 1.807) is 6.07 Å². The van der Waals surface area contributed by atoms with Crippen LogP contribution in [0, 0.1) is 5.41 Å². The van der Waals surface area contributed by atoms with E-state index in [-0.39, 0.29) is 22.8 Å². The Morgan fingerprint density at radius 2 is 1.65 bits per heavy atom. The van der Waals surface area contributed by atoms with Gasteiger partial charge in [-0.1, -0.05) is 54.5 Å². The summed E-state index contributed by atoms with van der Waals surface area (Å²) in [4.78, 5) is 17.4. The first-order valence-electron chi connectivity index (χ1n) is 12.3. The largest absolute Gasteiger partial charge is 0.339 e. The zero-order valence-corrected chi connectivity index (χ0v) is 21.5. The van der Waals surface area contributed by atoms with E-state index in [0.717, 1.165) is 23.1 Å². The van der Waals surface area contributed by atoms with Gasteiger partial charge in [-0.3, -0.25) is 4.79 Å². The lowest BCUT2D eigenvalue weighted by Crippen LogP contribution is -2.32. The van der Waals surface area contributed by atoms with Crippen molar-refractivity contribution in [2.45, 2.75) is 32.6 Å². The van der Waals surface area contributed by atoms with Crippen molar-refractivity contribution < 1.29 is 17.7 Å². The van der Waals surface area contributed by atoms with Crippen molar-refractivity contribution in [1.29, 1.82) is 0 Å². The highest BCUT2D eigenvalue weighted by Gasteiger charge is 2.33. The molecule has 1 saturated heterocycles. The summed E-state index contributed by atoms with van der Waals surface area (Å²) in [5.74, 6) is 1.31. The minimum absolute atomic E-state index is 0.0770. The van der Waals surface area contributed by atoms with Gasteiger partial charge in [0.15, 0.2) is 0 Å². The zero-order chi connectivity index (χ0) is 25.9. The number of hydrogen-bond donors (Lipinski definition) is 1. The highest BCUT2D eigenvalue weighted by atomic mass is 32.2. The smallest absolute Gasteiger partial charge is 0.255 e. The monoisotopic (exact) mass is 515 g/mol. The Morgan fingerprint density at radius 1 is 0.946 bits per heavy atom. The maximum absolute atomic E-state index is 12.9. The maximum atomic E-state index is 12.9. The standard InChI is InChI=1S/C29H29N3O4S/c1-29(14-16-37(34,35)17-15-29)20-22-8-5-9-24(18-22)28(33)30-25-12-10-23(11-13-25)27-31-26(36-32-27)19-21-6-3-2-4-7-21/h2-13,18H,14-17,19-20H2,1H3,(H,30,33). The van der Waals surface area contributed by atoms with Crippen LogP contribution in [-0.4, -0.2) is 36.0 Å². The van der Waals surface area contributed by atoms with Crippen LogP contribution in [0.25, 0.3) is 11.4 Å². The molecule has 5 rings (SSSR count). The van der Waals surface area contributed by atoms with Gasteiger partial charge in [-0.25, -0.2) is 8.42 Å². The molecule has 0 bridgehead atoms. The lowest BCUT2D eigenvalue weighted by molar-refractivity contribution is 0.102. The molecule has 0 atom stereocenters. The van der Waals surface area contributed by atoms with Crippen LogP contribution in [0.3, 0.4) is 0 Å². The summed E-state index contributed by atoms with van der Waals surface area (Å²) < 4.78 is 29.0. The van der Waals surface area contributed by atoms with Gasteiger partial charge >= 0.3 is 0 Å². The van der Waals surface area contributed by atoms with Crippen LogP contribution >= 0.6 is 0 Å². The molecule has 0 saturated carbocycles. The Kier molecular flexibility index (Phi) is 6.93. The Labute approximate surface area is 216 Å². The van der Waals surface area contributed by atoms with E-state index in [1.165, 1.54) is 0 Å². The summed E-state index contributed by atoms with van der Waals surface area (Å²) >= 11 is 0.